The van der Waals surface area contributed by atoms with Gasteiger partial charge in [-0.1, -0.05) is 12.1 Å². The summed E-state index contributed by atoms with van der Waals surface area (Å²) in [6.45, 7) is 4.82. The van der Waals surface area contributed by atoms with E-state index in [1.807, 2.05) is 29.2 Å². The quantitative estimate of drug-likeness (QED) is 0.815. The van der Waals surface area contributed by atoms with Gasteiger partial charge in [-0.15, -0.1) is 0 Å². The van der Waals surface area contributed by atoms with Crippen molar-refractivity contribution in [1.82, 2.24) is 9.80 Å². The Morgan fingerprint density at radius 1 is 1.41 bits per heavy atom. The number of nitrogens with zero attached hydrogens (tertiary/aromatic N) is 2. The molecule has 2 aliphatic heterocycles. The monoisotopic (exact) mass is 368 g/mol. The molecule has 2 aliphatic rings. The molecule has 1 aromatic carbocycles. The van der Waals surface area contributed by atoms with Crippen molar-refractivity contribution in [2.24, 2.45) is 0 Å². The van der Waals surface area contributed by atoms with Crippen LogP contribution < -0.4 is 4.74 Å². The molecule has 3 rings (SSSR count). The fourth-order valence-electron chi connectivity index (χ4n) is 3.08. The fraction of sp³-hybridized carbons (Fsp3) is 0.562. The zero-order chi connectivity index (χ0) is 15.7. The highest BCUT2D eigenvalue weighted by molar-refractivity contribution is 9.10. The fourth-order valence-corrected chi connectivity index (χ4v) is 3.45. The molecule has 0 unspecified atom stereocenters. The third kappa shape index (κ3) is 3.14. The molecule has 2 heterocycles. The van der Waals surface area contributed by atoms with Gasteiger partial charge in [-0.25, -0.2) is 0 Å². The first-order valence-corrected chi connectivity index (χ1v) is 8.37. The lowest BCUT2D eigenvalue weighted by molar-refractivity contribution is -0.137. The second-order valence-corrected chi connectivity index (χ2v) is 6.75. The van der Waals surface area contributed by atoms with Gasteiger partial charge in [0.1, 0.15) is 5.75 Å². The molecule has 1 amide bonds. The van der Waals surface area contributed by atoms with Gasteiger partial charge in [-0.05, 0) is 42.0 Å². The van der Waals surface area contributed by atoms with Crippen molar-refractivity contribution in [2.45, 2.75) is 25.2 Å². The van der Waals surface area contributed by atoms with Crippen molar-refractivity contribution < 1.29 is 14.3 Å². The Bertz CT molecular complexity index is 554. The molecule has 0 aliphatic carbocycles. The SMILES string of the molecule is C[C@H](Oc1ccccc1Br)C(=O)N1C[C@@H]2[C@@H](C1)OCCN2C. The number of ether oxygens (including phenoxy) is 2. The summed E-state index contributed by atoms with van der Waals surface area (Å²) in [6, 6.07) is 7.87. The minimum Gasteiger partial charge on any atom is -0.480 e. The normalized spacial score (nSPS) is 26.6. The standard InChI is InChI=1S/C16H21BrN2O3/c1-11(22-14-6-4-3-5-12(14)17)16(20)19-9-13-15(10-19)21-8-7-18(13)2/h3-6,11,13,15H,7-10H2,1-2H3/t11-,13+,15+/m0/s1. The lowest BCUT2D eigenvalue weighted by Crippen LogP contribution is -2.48. The summed E-state index contributed by atoms with van der Waals surface area (Å²) >= 11 is 3.44. The second kappa shape index (κ2) is 6.56. The summed E-state index contributed by atoms with van der Waals surface area (Å²) in [5.41, 5.74) is 0. The van der Waals surface area contributed by atoms with E-state index in [9.17, 15) is 4.79 Å². The second-order valence-electron chi connectivity index (χ2n) is 5.89. The van der Waals surface area contributed by atoms with Gasteiger partial charge in [0.15, 0.2) is 6.10 Å². The molecule has 2 fully saturated rings. The molecule has 0 aromatic heterocycles. The number of carbonyl (C=O) groups is 1. The maximum absolute atomic E-state index is 12.6. The van der Waals surface area contributed by atoms with E-state index in [0.29, 0.717) is 24.9 Å². The van der Waals surface area contributed by atoms with Gasteiger partial charge in [-0.2, -0.15) is 0 Å². The number of carbonyl (C=O) groups excluding carboxylic acids is 1. The minimum absolute atomic E-state index is 0.0159. The zero-order valence-electron chi connectivity index (χ0n) is 12.9. The van der Waals surface area contributed by atoms with Gasteiger partial charge in [-0.3, -0.25) is 9.69 Å². The molecule has 120 valence electrons. The lowest BCUT2D eigenvalue weighted by Gasteiger charge is -2.33. The molecule has 22 heavy (non-hydrogen) atoms. The lowest BCUT2D eigenvalue weighted by atomic mass is 10.1. The Morgan fingerprint density at radius 3 is 2.91 bits per heavy atom. The number of likely N-dealkylation sites (N-methyl/N-ethyl adjacent to an activating group) is 1. The number of hydrogen-bond donors (Lipinski definition) is 0. The summed E-state index contributed by atoms with van der Waals surface area (Å²) < 4.78 is 12.4. The van der Waals surface area contributed by atoms with Crippen LogP contribution in [0.5, 0.6) is 5.75 Å². The first-order valence-electron chi connectivity index (χ1n) is 7.58. The van der Waals surface area contributed by atoms with Crippen molar-refractivity contribution in [1.29, 1.82) is 0 Å². The van der Waals surface area contributed by atoms with E-state index >= 15 is 0 Å². The number of fused-ring (bicyclic) bond motifs is 1. The maximum Gasteiger partial charge on any atom is 0.263 e. The first-order chi connectivity index (χ1) is 10.6. The summed E-state index contributed by atoms with van der Waals surface area (Å²) in [5, 5.41) is 0. The molecule has 2 saturated heterocycles. The highest BCUT2D eigenvalue weighted by Crippen LogP contribution is 2.26. The van der Waals surface area contributed by atoms with Crippen molar-refractivity contribution in [3.8, 4) is 5.75 Å². The molecule has 5 nitrogen and oxygen atoms in total. The third-order valence-corrected chi connectivity index (χ3v) is 5.03. The predicted molar refractivity (Wildman–Crippen MR) is 87.0 cm³/mol. The smallest absolute Gasteiger partial charge is 0.263 e. The Hall–Kier alpha value is -1.11. The molecule has 1 aromatic rings. The average molecular weight is 369 g/mol. The van der Waals surface area contributed by atoms with E-state index in [2.05, 4.69) is 27.9 Å². The van der Waals surface area contributed by atoms with Gasteiger partial charge in [0.05, 0.1) is 23.2 Å². The van der Waals surface area contributed by atoms with Crippen molar-refractivity contribution in [3.05, 3.63) is 28.7 Å². The Balaban J connectivity index is 1.63. The van der Waals surface area contributed by atoms with E-state index < -0.39 is 6.10 Å². The van der Waals surface area contributed by atoms with Crippen molar-refractivity contribution in [3.63, 3.8) is 0 Å². The summed E-state index contributed by atoms with van der Waals surface area (Å²) in [5.74, 6) is 0.704. The summed E-state index contributed by atoms with van der Waals surface area (Å²) in [4.78, 5) is 16.8. The molecule has 0 bridgehead atoms. The van der Waals surface area contributed by atoms with Crippen LogP contribution in [0.4, 0.5) is 0 Å². The summed E-state index contributed by atoms with van der Waals surface area (Å²) in [6.07, 6.45) is -0.387. The minimum atomic E-state index is -0.510. The van der Waals surface area contributed by atoms with Crippen LogP contribution in [0.15, 0.2) is 28.7 Å². The number of benzene rings is 1. The number of morpholine rings is 1. The van der Waals surface area contributed by atoms with Crippen molar-refractivity contribution >= 4 is 21.8 Å². The van der Waals surface area contributed by atoms with Crippen molar-refractivity contribution in [2.75, 3.05) is 33.3 Å². The average Bonchev–Trinajstić information content (AvgIpc) is 2.94. The number of amides is 1. The Kier molecular flexibility index (Phi) is 4.70. The number of para-hydroxylation sites is 1. The number of hydrogen-bond acceptors (Lipinski definition) is 4. The van der Waals surface area contributed by atoms with E-state index in [-0.39, 0.29) is 12.0 Å². The number of likely N-dealkylation sites (tertiary alicyclic amines) is 1. The molecular weight excluding hydrogens is 348 g/mol. The predicted octanol–water partition coefficient (Wildman–Crippen LogP) is 1.76. The van der Waals surface area contributed by atoms with Crippen LogP contribution in [0.2, 0.25) is 0 Å². The number of rotatable bonds is 3. The molecule has 0 radical (unpaired) electrons. The van der Waals surface area contributed by atoms with E-state index in [1.54, 1.807) is 6.92 Å². The van der Waals surface area contributed by atoms with Gasteiger partial charge in [0.25, 0.3) is 5.91 Å². The first kappa shape index (κ1) is 15.8. The highest BCUT2D eigenvalue weighted by Gasteiger charge is 2.41. The van der Waals surface area contributed by atoms with Crippen LogP contribution in [0.3, 0.4) is 0 Å². The third-order valence-electron chi connectivity index (χ3n) is 4.38. The van der Waals surface area contributed by atoms with Gasteiger partial charge >= 0.3 is 0 Å². The van der Waals surface area contributed by atoms with Crippen LogP contribution in [-0.4, -0.2) is 67.2 Å². The largest absolute Gasteiger partial charge is 0.480 e. The van der Waals surface area contributed by atoms with Gasteiger partial charge in [0.2, 0.25) is 0 Å². The molecule has 0 saturated carbocycles. The Labute approximate surface area is 139 Å². The highest BCUT2D eigenvalue weighted by atomic mass is 79.9. The topological polar surface area (TPSA) is 42.0 Å². The number of halogens is 1. The maximum atomic E-state index is 12.6. The van der Waals surface area contributed by atoms with Crippen LogP contribution in [0.25, 0.3) is 0 Å². The van der Waals surface area contributed by atoms with E-state index in [1.165, 1.54) is 0 Å². The molecule has 0 spiro atoms. The zero-order valence-corrected chi connectivity index (χ0v) is 14.5. The molecule has 3 atom stereocenters. The van der Waals surface area contributed by atoms with Gasteiger partial charge in [0, 0.05) is 19.6 Å². The van der Waals surface area contributed by atoms with Gasteiger partial charge < -0.3 is 14.4 Å². The van der Waals surface area contributed by atoms with Crippen LogP contribution in [0, 0.1) is 0 Å². The van der Waals surface area contributed by atoms with E-state index in [4.69, 9.17) is 9.47 Å². The molecular formula is C16H21BrN2O3. The van der Waals surface area contributed by atoms with Crippen LogP contribution in [-0.2, 0) is 9.53 Å². The summed E-state index contributed by atoms with van der Waals surface area (Å²) in [7, 11) is 2.09. The Morgan fingerprint density at radius 2 is 2.18 bits per heavy atom. The van der Waals surface area contributed by atoms with Crippen LogP contribution in [0.1, 0.15) is 6.92 Å². The molecule has 6 heteroatoms. The van der Waals surface area contributed by atoms with Crippen LogP contribution >= 0.6 is 15.9 Å². The molecule has 0 N–H and O–H groups in total. The van der Waals surface area contributed by atoms with E-state index in [0.717, 1.165) is 17.6 Å².